The number of nitrogens with one attached hydrogen (secondary N) is 1. The van der Waals surface area contributed by atoms with Gasteiger partial charge in [0.25, 0.3) is 0 Å². The maximum Gasteiger partial charge on any atom is 0.227 e. The Kier molecular flexibility index (Phi) is 2.33. The number of pyridine rings is 1. The summed E-state index contributed by atoms with van der Waals surface area (Å²) in [6.07, 6.45) is 0. The van der Waals surface area contributed by atoms with E-state index < -0.39 is 0 Å². The van der Waals surface area contributed by atoms with Crippen LogP contribution in [0.15, 0.2) is 41.3 Å². The van der Waals surface area contributed by atoms with E-state index in [4.69, 9.17) is 4.42 Å². The van der Waals surface area contributed by atoms with Gasteiger partial charge in [0, 0.05) is 34.8 Å². The summed E-state index contributed by atoms with van der Waals surface area (Å²) >= 11 is 0. The molecule has 0 saturated heterocycles. The Labute approximate surface area is 105 Å². The van der Waals surface area contributed by atoms with Gasteiger partial charge in [-0.05, 0) is 25.1 Å². The van der Waals surface area contributed by atoms with Crippen LogP contribution in [-0.2, 0) is 0 Å². The van der Waals surface area contributed by atoms with Gasteiger partial charge in [-0.15, -0.1) is 0 Å². The average Bonchev–Trinajstić information content (AvgIpc) is 2.74. The summed E-state index contributed by atoms with van der Waals surface area (Å²) in [7, 11) is 1.85. The Morgan fingerprint density at radius 1 is 1.22 bits per heavy atom. The molecule has 2 aromatic heterocycles. The third-order valence-electron chi connectivity index (χ3n) is 3.13. The number of rotatable bonds is 2. The van der Waals surface area contributed by atoms with Crippen molar-refractivity contribution in [3.63, 3.8) is 0 Å². The number of fused-ring (bicyclic) bond motifs is 3. The molecule has 0 aliphatic carbocycles. The molecule has 3 aromatic rings. The van der Waals surface area contributed by atoms with Gasteiger partial charge in [-0.1, -0.05) is 18.7 Å². The van der Waals surface area contributed by atoms with Crippen molar-refractivity contribution in [2.45, 2.75) is 6.92 Å². The number of hydrogen-bond acceptors (Lipinski definition) is 3. The number of aryl methyl sites for hydroxylation is 1. The van der Waals surface area contributed by atoms with Gasteiger partial charge >= 0.3 is 0 Å². The van der Waals surface area contributed by atoms with Gasteiger partial charge in [0.15, 0.2) is 0 Å². The molecule has 1 N–H and O–H groups in total. The van der Waals surface area contributed by atoms with Crippen LogP contribution in [0.2, 0.25) is 0 Å². The van der Waals surface area contributed by atoms with Crippen LogP contribution in [0.3, 0.4) is 0 Å². The molecule has 18 heavy (non-hydrogen) atoms. The molecule has 3 nitrogen and oxygen atoms in total. The molecule has 90 valence electrons. The second-order valence-electron chi connectivity index (χ2n) is 4.32. The van der Waals surface area contributed by atoms with Gasteiger partial charge in [0.1, 0.15) is 5.58 Å². The number of furan rings is 1. The van der Waals surface area contributed by atoms with Gasteiger partial charge in [-0.25, -0.2) is 4.98 Å². The molecule has 0 amide bonds. The second kappa shape index (κ2) is 3.88. The maximum atomic E-state index is 5.88. The zero-order chi connectivity index (χ0) is 12.7. The van der Waals surface area contributed by atoms with Crippen molar-refractivity contribution in [3.05, 3.63) is 48.2 Å². The normalized spacial score (nSPS) is 11.0. The maximum absolute atomic E-state index is 5.88. The van der Waals surface area contributed by atoms with Gasteiger partial charge in [0.2, 0.25) is 5.71 Å². The lowest BCUT2D eigenvalue weighted by molar-refractivity contribution is 0.651. The summed E-state index contributed by atoms with van der Waals surface area (Å²) in [5, 5.41) is 5.17. The van der Waals surface area contributed by atoms with E-state index in [0.717, 1.165) is 33.3 Å². The molecule has 0 aliphatic rings. The predicted octanol–water partition coefficient (Wildman–Crippen LogP) is 3.48. The topological polar surface area (TPSA) is 38.1 Å². The molecule has 0 spiro atoms. The minimum Gasteiger partial charge on any atom is -0.437 e. The predicted molar refractivity (Wildman–Crippen MR) is 74.3 cm³/mol. The first-order valence-corrected chi connectivity index (χ1v) is 5.86. The van der Waals surface area contributed by atoms with Crippen molar-refractivity contribution < 1.29 is 4.42 Å². The summed E-state index contributed by atoms with van der Waals surface area (Å²) in [6, 6.07) is 10.1. The first-order valence-electron chi connectivity index (χ1n) is 5.86. The molecule has 0 bridgehead atoms. The van der Waals surface area contributed by atoms with Crippen molar-refractivity contribution >= 4 is 27.8 Å². The van der Waals surface area contributed by atoms with E-state index in [0.29, 0.717) is 5.71 Å². The zero-order valence-corrected chi connectivity index (χ0v) is 10.4. The van der Waals surface area contributed by atoms with E-state index in [1.165, 1.54) is 0 Å². The molecular formula is C15H14N2O. The van der Waals surface area contributed by atoms with Gasteiger partial charge < -0.3 is 9.73 Å². The Hall–Kier alpha value is -2.29. The third-order valence-corrected chi connectivity index (χ3v) is 3.13. The number of hydrogen-bond donors (Lipinski definition) is 1. The van der Waals surface area contributed by atoms with Crippen molar-refractivity contribution in [2.75, 3.05) is 7.05 Å². The van der Waals surface area contributed by atoms with E-state index >= 15 is 0 Å². The molecule has 0 fully saturated rings. The second-order valence-corrected chi connectivity index (χ2v) is 4.32. The van der Waals surface area contributed by atoms with Crippen LogP contribution in [0.5, 0.6) is 0 Å². The van der Waals surface area contributed by atoms with Crippen LogP contribution in [0, 0.1) is 6.92 Å². The average molecular weight is 238 g/mol. The fourth-order valence-electron chi connectivity index (χ4n) is 2.14. The van der Waals surface area contributed by atoms with Crippen molar-refractivity contribution in [1.82, 2.24) is 10.3 Å². The molecule has 1 aromatic carbocycles. The Bertz CT molecular complexity index is 756. The highest BCUT2D eigenvalue weighted by molar-refractivity contribution is 6.06. The van der Waals surface area contributed by atoms with Crippen LogP contribution < -0.4 is 5.32 Å². The number of nitrogens with zero attached hydrogens (tertiary/aromatic N) is 1. The van der Waals surface area contributed by atoms with E-state index in [9.17, 15) is 0 Å². The van der Waals surface area contributed by atoms with Crippen molar-refractivity contribution in [2.24, 2.45) is 0 Å². The zero-order valence-electron chi connectivity index (χ0n) is 10.4. The fourth-order valence-corrected chi connectivity index (χ4v) is 2.14. The first kappa shape index (κ1) is 10.8. The quantitative estimate of drug-likeness (QED) is 0.742. The first-order chi connectivity index (χ1) is 8.70. The monoisotopic (exact) mass is 238 g/mol. The highest BCUT2D eigenvalue weighted by Crippen LogP contribution is 2.31. The van der Waals surface area contributed by atoms with Gasteiger partial charge in [-0.2, -0.15) is 0 Å². The summed E-state index contributed by atoms with van der Waals surface area (Å²) < 4.78 is 5.88. The third kappa shape index (κ3) is 1.48. The van der Waals surface area contributed by atoms with Crippen molar-refractivity contribution in [1.29, 1.82) is 0 Å². The molecule has 0 aliphatic heterocycles. The van der Waals surface area contributed by atoms with Crippen LogP contribution >= 0.6 is 0 Å². The molecule has 2 heterocycles. The molecule has 0 atom stereocenters. The summed E-state index contributed by atoms with van der Waals surface area (Å²) in [6.45, 7) is 5.95. The molecular weight excluding hydrogens is 224 g/mol. The largest absolute Gasteiger partial charge is 0.437 e. The fraction of sp³-hybridized carbons (Fsp3) is 0.133. The Balaban J connectivity index is 2.42. The van der Waals surface area contributed by atoms with E-state index in [-0.39, 0.29) is 0 Å². The van der Waals surface area contributed by atoms with Crippen molar-refractivity contribution in [3.8, 4) is 0 Å². The van der Waals surface area contributed by atoms with Crippen LogP contribution in [0.1, 0.15) is 11.3 Å². The summed E-state index contributed by atoms with van der Waals surface area (Å²) in [5.41, 5.74) is 4.30. The van der Waals surface area contributed by atoms with Gasteiger partial charge in [-0.3, -0.25) is 0 Å². The Morgan fingerprint density at radius 2 is 2.06 bits per heavy atom. The van der Waals surface area contributed by atoms with Crippen LogP contribution in [-0.4, -0.2) is 12.0 Å². The summed E-state index contributed by atoms with van der Waals surface area (Å²) in [4.78, 5) is 4.42. The summed E-state index contributed by atoms with van der Waals surface area (Å²) in [5.74, 6) is 0. The molecule has 0 saturated carbocycles. The van der Waals surface area contributed by atoms with E-state index in [1.807, 2.05) is 38.2 Å². The van der Waals surface area contributed by atoms with Gasteiger partial charge in [0.05, 0.1) is 0 Å². The molecule has 3 heteroatoms. The lowest BCUT2D eigenvalue weighted by atomic mass is 10.1. The minimum absolute atomic E-state index is 0.682. The highest BCUT2D eigenvalue weighted by atomic mass is 16.3. The number of aromatic nitrogens is 1. The SMILES string of the molecule is C=C(NC)c1cccc2c1oc1nc(C)ccc12. The minimum atomic E-state index is 0.682. The lowest BCUT2D eigenvalue weighted by Crippen LogP contribution is -2.02. The van der Waals surface area contributed by atoms with Crippen LogP contribution in [0.4, 0.5) is 0 Å². The number of para-hydroxylation sites is 1. The number of benzene rings is 1. The van der Waals surface area contributed by atoms with E-state index in [1.54, 1.807) is 0 Å². The highest BCUT2D eigenvalue weighted by Gasteiger charge is 2.12. The standard InChI is InChI=1S/C15H14N2O/c1-9-7-8-13-12-6-4-5-11(10(2)16-3)14(12)18-15(13)17-9/h4-8,16H,2H2,1,3H3. The van der Waals surface area contributed by atoms with E-state index in [2.05, 4.69) is 22.9 Å². The molecule has 0 radical (unpaired) electrons. The smallest absolute Gasteiger partial charge is 0.227 e. The Morgan fingerprint density at radius 3 is 2.83 bits per heavy atom. The van der Waals surface area contributed by atoms with Crippen LogP contribution in [0.25, 0.3) is 27.8 Å². The lowest BCUT2D eigenvalue weighted by Gasteiger charge is -2.04. The molecule has 0 unspecified atom stereocenters. The molecule has 3 rings (SSSR count).